The Bertz CT molecular complexity index is 671. The third kappa shape index (κ3) is 2.66. The number of imidazole rings is 1. The molecule has 1 N–H and O–H groups in total. The van der Waals surface area contributed by atoms with Crippen molar-refractivity contribution in [3.05, 3.63) is 24.2 Å². The first-order chi connectivity index (χ1) is 11.3. The minimum absolute atomic E-state index is 0.348. The average molecular weight is 313 g/mol. The molecule has 2 fully saturated rings. The van der Waals surface area contributed by atoms with E-state index < -0.39 is 0 Å². The van der Waals surface area contributed by atoms with Crippen LogP contribution in [0.5, 0.6) is 0 Å². The van der Waals surface area contributed by atoms with Gasteiger partial charge in [0.05, 0.1) is 12.2 Å². The molecule has 2 saturated heterocycles. The number of piperidine rings is 1. The third-order valence-electron chi connectivity index (χ3n) is 5.33. The molecule has 4 heterocycles. The summed E-state index contributed by atoms with van der Waals surface area (Å²) in [7, 11) is 0. The van der Waals surface area contributed by atoms with Crippen molar-refractivity contribution in [1.29, 1.82) is 0 Å². The summed E-state index contributed by atoms with van der Waals surface area (Å²) in [6.45, 7) is 6.88. The maximum atomic E-state index is 5.03. The van der Waals surface area contributed by atoms with Gasteiger partial charge in [-0.25, -0.2) is 9.97 Å². The van der Waals surface area contributed by atoms with E-state index in [1.807, 2.05) is 12.3 Å². The summed E-state index contributed by atoms with van der Waals surface area (Å²) in [4.78, 5) is 12.3. The summed E-state index contributed by atoms with van der Waals surface area (Å²) in [6, 6.07) is 5.06. The Morgan fingerprint density at radius 2 is 2.13 bits per heavy atom. The molecular weight excluding hydrogens is 286 g/mol. The van der Waals surface area contributed by atoms with Gasteiger partial charge in [0.1, 0.15) is 11.3 Å². The minimum atomic E-state index is 0.348. The second kappa shape index (κ2) is 6.21. The van der Waals surface area contributed by atoms with E-state index in [9.17, 15) is 0 Å². The fraction of sp³-hybridized carbons (Fsp3) is 0.667. The van der Waals surface area contributed by atoms with E-state index >= 15 is 0 Å². The summed E-state index contributed by atoms with van der Waals surface area (Å²) < 4.78 is 2.40. The molecule has 5 nitrogen and oxygen atoms in total. The molecule has 2 aliphatic heterocycles. The van der Waals surface area contributed by atoms with Crippen LogP contribution >= 0.6 is 0 Å². The van der Waals surface area contributed by atoms with E-state index in [1.54, 1.807) is 0 Å². The van der Waals surface area contributed by atoms with Crippen molar-refractivity contribution >= 4 is 11.2 Å². The van der Waals surface area contributed by atoms with Gasteiger partial charge in [-0.05, 0) is 64.8 Å². The summed E-state index contributed by atoms with van der Waals surface area (Å²) in [6.07, 6.45) is 8.44. The van der Waals surface area contributed by atoms with E-state index in [2.05, 4.69) is 39.7 Å². The first kappa shape index (κ1) is 15.1. The second-order valence-electron chi connectivity index (χ2n) is 7.14. The van der Waals surface area contributed by atoms with Crippen LogP contribution in [0.3, 0.4) is 0 Å². The van der Waals surface area contributed by atoms with Crippen molar-refractivity contribution in [1.82, 2.24) is 24.8 Å². The number of hydrogen-bond donors (Lipinski definition) is 1. The Labute approximate surface area is 138 Å². The Balaban J connectivity index is 1.83. The van der Waals surface area contributed by atoms with Crippen molar-refractivity contribution in [2.24, 2.45) is 0 Å². The van der Waals surface area contributed by atoms with Crippen LogP contribution < -0.4 is 5.32 Å². The van der Waals surface area contributed by atoms with Crippen LogP contribution in [0, 0.1) is 0 Å². The van der Waals surface area contributed by atoms with Crippen molar-refractivity contribution in [3.8, 4) is 0 Å². The van der Waals surface area contributed by atoms with Crippen LogP contribution in [0.2, 0.25) is 0 Å². The second-order valence-corrected chi connectivity index (χ2v) is 7.14. The van der Waals surface area contributed by atoms with Gasteiger partial charge in [0.25, 0.3) is 0 Å². The molecule has 5 heteroatoms. The highest BCUT2D eigenvalue weighted by Gasteiger charge is 2.33. The SMILES string of the molecule is CC(C)N1CCCCC1c1nc2cccnc2n1C1CCCN1. The van der Waals surface area contributed by atoms with Crippen LogP contribution in [0.25, 0.3) is 11.2 Å². The van der Waals surface area contributed by atoms with Gasteiger partial charge in [-0.3, -0.25) is 14.8 Å². The Hall–Kier alpha value is -1.46. The lowest BCUT2D eigenvalue weighted by Crippen LogP contribution is -2.40. The van der Waals surface area contributed by atoms with Gasteiger partial charge in [0, 0.05) is 12.2 Å². The van der Waals surface area contributed by atoms with Crippen LogP contribution in [0.4, 0.5) is 0 Å². The van der Waals surface area contributed by atoms with Gasteiger partial charge in [-0.2, -0.15) is 0 Å². The van der Waals surface area contributed by atoms with E-state index in [0.29, 0.717) is 18.2 Å². The quantitative estimate of drug-likeness (QED) is 0.945. The number of hydrogen-bond acceptors (Lipinski definition) is 4. The zero-order chi connectivity index (χ0) is 15.8. The molecule has 0 radical (unpaired) electrons. The van der Waals surface area contributed by atoms with Gasteiger partial charge in [-0.15, -0.1) is 0 Å². The molecule has 0 spiro atoms. The highest BCUT2D eigenvalue weighted by Crippen LogP contribution is 2.35. The fourth-order valence-corrected chi connectivity index (χ4v) is 4.23. The molecule has 2 atom stereocenters. The summed E-state index contributed by atoms with van der Waals surface area (Å²) >= 11 is 0. The maximum absolute atomic E-state index is 5.03. The Kier molecular flexibility index (Phi) is 4.07. The molecule has 4 rings (SSSR count). The molecule has 0 aliphatic carbocycles. The number of nitrogens with zero attached hydrogens (tertiary/aromatic N) is 4. The number of nitrogens with one attached hydrogen (secondary N) is 1. The largest absolute Gasteiger partial charge is 0.297 e. The molecule has 0 aromatic carbocycles. The van der Waals surface area contributed by atoms with Gasteiger partial charge in [0.2, 0.25) is 0 Å². The fourth-order valence-electron chi connectivity index (χ4n) is 4.23. The predicted molar refractivity (Wildman–Crippen MR) is 92.2 cm³/mol. The normalized spacial score (nSPS) is 26.4. The van der Waals surface area contributed by atoms with Crippen LogP contribution in [-0.2, 0) is 0 Å². The monoisotopic (exact) mass is 313 g/mol. The van der Waals surface area contributed by atoms with Crippen molar-refractivity contribution in [2.45, 2.75) is 64.2 Å². The van der Waals surface area contributed by atoms with E-state index in [0.717, 1.165) is 17.7 Å². The summed E-state index contributed by atoms with van der Waals surface area (Å²) in [5.41, 5.74) is 2.07. The molecule has 2 unspecified atom stereocenters. The molecule has 2 aromatic heterocycles. The highest BCUT2D eigenvalue weighted by molar-refractivity contribution is 5.71. The summed E-state index contributed by atoms with van der Waals surface area (Å²) in [5.74, 6) is 1.21. The van der Waals surface area contributed by atoms with Gasteiger partial charge < -0.3 is 0 Å². The van der Waals surface area contributed by atoms with Crippen molar-refractivity contribution in [3.63, 3.8) is 0 Å². The Morgan fingerprint density at radius 3 is 2.91 bits per heavy atom. The molecule has 2 aromatic rings. The van der Waals surface area contributed by atoms with Gasteiger partial charge in [0.15, 0.2) is 5.65 Å². The smallest absolute Gasteiger partial charge is 0.161 e. The van der Waals surface area contributed by atoms with E-state index in [-0.39, 0.29) is 0 Å². The number of fused-ring (bicyclic) bond motifs is 1. The van der Waals surface area contributed by atoms with E-state index in [4.69, 9.17) is 4.98 Å². The maximum Gasteiger partial charge on any atom is 0.161 e. The third-order valence-corrected chi connectivity index (χ3v) is 5.33. The lowest BCUT2D eigenvalue weighted by molar-refractivity contribution is 0.102. The van der Waals surface area contributed by atoms with Crippen LogP contribution in [0.15, 0.2) is 18.3 Å². The molecule has 124 valence electrons. The zero-order valence-electron chi connectivity index (χ0n) is 14.2. The lowest BCUT2D eigenvalue weighted by Gasteiger charge is -2.38. The molecule has 0 amide bonds. The number of likely N-dealkylation sites (tertiary alicyclic amines) is 1. The minimum Gasteiger partial charge on any atom is -0.297 e. The molecule has 0 saturated carbocycles. The van der Waals surface area contributed by atoms with Gasteiger partial charge >= 0.3 is 0 Å². The summed E-state index contributed by atoms with van der Waals surface area (Å²) in [5, 5.41) is 3.64. The molecular formula is C18H27N5. The number of pyridine rings is 1. The number of aromatic nitrogens is 3. The van der Waals surface area contributed by atoms with Crippen molar-refractivity contribution < 1.29 is 0 Å². The molecule has 0 bridgehead atoms. The first-order valence-corrected chi connectivity index (χ1v) is 9.07. The zero-order valence-corrected chi connectivity index (χ0v) is 14.2. The topological polar surface area (TPSA) is 46.0 Å². The Morgan fingerprint density at radius 1 is 1.22 bits per heavy atom. The van der Waals surface area contributed by atoms with E-state index in [1.165, 1.54) is 44.5 Å². The number of rotatable bonds is 3. The highest BCUT2D eigenvalue weighted by atomic mass is 15.3. The first-order valence-electron chi connectivity index (χ1n) is 9.07. The van der Waals surface area contributed by atoms with Crippen LogP contribution in [-0.4, -0.2) is 38.6 Å². The molecule has 23 heavy (non-hydrogen) atoms. The van der Waals surface area contributed by atoms with Crippen LogP contribution in [0.1, 0.15) is 64.0 Å². The predicted octanol–water partition coefficient (Wildman–Crippen LogP) is 3.25. The standard InChI is InChI=1S/C18H27N5/c1-13(2)22-12-4-3-8-15(22)18-21-14-7-5-11-20-17(14)23(18)16-9-6-10-19-16/h5,7,11,13,15-16,19H,3-4,6,8-10,12H2,1-2H3. The lowest BCUT2D eigenvalue weighted by atomic mass is 9.99. The molecule has 2 aliphatic rings. The van der Waals surface area contributed by atoms with Gasteiger partial charge in [-0.1, -0.05) is 6.42 Å². The average Bonchev–Trinajstić information content (AvgIpc) is 3.21. The van der Waals surface area contributed by atoms with Crippen molar-refractivity contribution in [2.75, 3.05) is 13.1 Å².